The quantitative estimate of drug-likeness (QED) is 0.446. The minimum atomic E-state index is -1.18. The lowest BCUT2D eigenvalue weighted by Gasteiger charge is -2.12. The van der Waals surface area contributed by atoms with Crippen LogP contribution in [0.25, 0.3) is 5.69 Å². The number of aromatic carboxylic acids is 2. The Balaban J connectivity index is 1.98. The highest BCUT2D eigenvalue weighted by Gasteiger charge is 2.15. The molecule has 142 valence electrons. The smallest absolute Gasteiger partial charge is 0.335 e. The minimum absolute atomic E-state index is 0.0802. The second-order valence-electron chi connectivity index (χ2n) is 6.28. The van der Waals surface area contributed by atoms with Gasteiger partial charge in [0.15, 0.2) is 0 Å². The summed E-state index contributed by atoms with van der Waals surface area (Å²) in [6.45, 7) is 3.73. The second kappa shape index (κ2) is 7.79. The molecule has 0 aliphatic rings. The number of carboxylic acids is 2. The van der Waals surface area contributed by atoms with Gasteiger partial charge < -0.3 is 14.8 Å². The molecule has 28 heavy (non-hydrogen) atoms. The number of aryl methyl sites for hydroxylation is 1. The van der Waals surface area contributed by atoms with E-state index in [2.05, 4.69) is 10.5 Å². The lowest BCUT2D eigenvalue weighted by molar-refractivity contribution is 0.0696. The van der Waals surface area contributed by atoms with Gasteiger partial charge in [0.25, 0.3) is 0 Å². The van der Waals surface area contributed by atoms with Gasteiger partial charge >= 0.3 is 11.9 Å². The largest absolute Gasteiger partial charge is 0.478 e. The van der Waals surface area contributed by atoms with Crippen LogP contribution >= 0.6 is 0 Å². The maximum Gasteiger partial charge on any atom is 0.335 e. The van der Waals surface area contributed by atoms with E-state index in [1.165, 1.54) is 12.1 Å². The number of hydrazone groups is 1. The first-order valence-corrected chi connectivity index (χ1v) is 8.52. The van der Waals surface area contributed by atoms with Gasteiger partial charge in [0, 0.05) is 22.6 Å². The van der Waals surface area contributed by atoms with E-state index in [9.17, 15) is 19.8 Å². The number of nitrogens with zero attached hydrogens (tertiary/aromatic N) is 2. The zero-order valence-corrected chi connectivity index (χ0v) is 15.4. The standard InChI is InChI=1S/C21H19N3O4/c1-13-8-17(12-22-23-18-6-4-3-5-7-18)14(2)24(13)19-10-15(20(25)26)9-16(11-19)21(27)28/h3-12,23H,1-2H3,(H,25,26)(H,27,28)/b22-12-. The number of nitrogens with one attached hydrogen (secondary N) is 1. The van der Waals surface area contributed by atoms with Gasteiger partial charge in [0.05, 0.1) is 23.0 Å². The fraction of sp³-hybridized carbons (Fsp3) is 0.0952. The zero-order valence-electron chi connectivity index (χ0n) is 15.4. The SMILES string of the molecule is Cc1cc(/C=N\Nc2ccccc2)c(C)n1-c1cc(C(=O)O)cc(C(=O)O)c1. The van der Waals surface area contributed by atoms with Crippen molar-refractivity contribution in [2.75, 3.05) is 5.43 Å². The van der Waals surface area contributed by atoms with Crippen molar-refractivity contribution >= 4 is 23.8 Å². The van der Waals surface area contributed by atoms with E-state index in [0.29, 0.717) is 5.69 Å². The number of para-hydroxylation sites is 1. The van der Waals surface area contributed by atoms with Gasteiger partial charge in [-0.2, -0.15) is 5.10 Å². The van der Waals surface area contributed by atoms with Crippen LogP contribution in [-0.4, -0.2) is 32.9 Å². The molecule has 0 amide bonds. The highest BCUT2D eigenvalue weighted by Crippen LogP contribution is 2.22. The van der Waals surface area contributed by atoms with Gasteiger partial charge in [0.1, 0.15) is 0 Å². The number of hydrogen-bond acceptors (Lipinski definition) is 4. The van der Waals surface area contributed by atoms with Gasteiger partial charge in [-0.1, -0.05) is 18.2 Å². The number of anilines is 1. The van der Waals surface area contributed by atoms with Crippen LogP contribution in [0.3, 0.4) is 0 Å². The van der Waals surface area contributed by atoms with Crippen molar-refractivity contribution in [2.24, 2.45) is 5.10 Å². The number of benzene rings is 2. The van der Waals surface area contributed by atoms with Gasteiger partial charge in [0.2, 0.25) is 0 Å². The molecule has 1 aromatic heterocycles. The van der Waals surface area contributed by atoms with Crippen LogP contribution in [0.2, 0.25) is 0 Å². The molecule has 0 spiro atoms. The maximum atomic E-state index is 11.4. The van der Waals surface area contributed by atoms with Crippen LogP contribution in [0.5, 0.6) is 0 Å². The van der Waals surface area contributed by atoms with Crippen molar-refractivity contribution in [1.82, 2.24) is 4.57 Å². The molecule has 0 fully saturated rings. The predicted molar refractivity (Wildman–Crippen MR) is 107 cm³/mol. The minimum Gasteiger partial charge on any atom is -0.478 e. The lowest BCUT2D eigenvalue weighted by Crippen LogP contribution is -2.07. The lowest BCUT2D eigenvalue weighted by atomic mass is 10.1. The Morgan fingerprint density at radius 3 is 2.14 bits per heavy atom. The first kappa shape index (κ1) is 18.9. The third-order valence-corrected chi connectivity index (χ3v) is 4.31. The van der Waals surface area contributed by atoms with Crippen molar-refractivity contribution in [3.63, 3.8) is 0 Å². The highest BCUT2D eigenvalue weighted by atomic mass is 16.4. The van der Waals surface area contributed by atoms with Gasteiger partial charge in [-0.15, -0.1) is 0 Å². The van der Waals surface area contributed by atoms with E-state index in [0.717, 1.165) is 28.7 Å². The van der Waals surface area contributed by atoms with Crippen LogP contribution in [0.15, 0.2) is 59.7 Å². The van der Waals surface area contributed by atoms with E-state index in [-0.39, 0.29) is 11.1 Å². The summed E-state index contributed by atoms with van der Waals surface area (Å²) in [4.78, 5) is 22.8. The number of carboxylic acid groups (broad SMARTS) is 2. The third kappa shape index (κ3) is 3.93. The molecule has 0 saturated heterocycles. The van der Waals surface area contributed by atoms with Crippen LogP contribution in [0.1, 0.15) is 37.7 Å². The van der Waals surface area contributed by atoms with Crippen molar-refractivity contribution in [1.29, 1.82) is 0 Å². The fourth-order valence-corrected chi connectivity index (χ4v) is 2.99. The molecule has 3 rings (SSSR count). The first-order valence-electron chi connectivity index (χ1n) is 8.52. The molecule has 7 nitrogen and oxygen atoms in total. The van der Waals surface area contributed by atoms with Gasteiger partial charge in [-0.05, 0) is 50.2 Å². The summed E-state index contributed by atoms with van der Waals surface area (Å²) in [6.07, 6.45) is 1.67. The Kier molecular flexibility index (Phi) is 5.26. The fourth-order valence-electron chi connectivity index (χ4n) is 2.99. The maximum absolute atomic E-state index is 11.4. The summed E-state index contributed by atoms with van der Waals surface area (Å²) < 4.78 is 1.81. The van der Waals surface area contributed by atoms with Gasteiger partial charge in [-0.25, -0.2) is 9.59 Å². The Bertz CT molecular complexity index is 1040. The van der Waals surface area contributed by atoms with E-state index >= 15 is 0 Å². The number of rotatable bonds is 6. The summed E-state index contributed by atoms with van der Waals surface area (Å²) in [6, 6.07) is 15.5. The molecule has 7 heteroatoms. The molecule has 0 saturated carbocycles. The van der Waals surface area contributed by atoms with Crippen LogP contribution in [0, 0.1) is 13.8 Å². The molecular weight excluding hydrogens is 358 g/mol. The number of aromatic nitrogens is 1. The highest BCUT2D eigenvalue weighted by molar-refractivity contribution is 5.95. The Morgan fingerprint density at radius 1 is 0.964 bits per heavy atom. The van der Waals surface area contributed by atoms with Crippen molar-refractivity contribution in [2.45, 2.75) is 13.8 Å². The summed E-state index contributed by atoms with van der Waals surface area (Å²) in [7, 11) is 0. The normalized spacial score (nSPS) is 10.9. The topological polar surface area (TPSA) is 104 Å². The molecule has 0 unspecified atom stereocenters. The third-order valence-electron chi connectivity index (χ3n) is 4.31. The van der Waals surface area contributed by atoms with Crippen LogP contribution in [-0.2, 0) is 0 Å². The van der Waals surface area contributed by atoms with Crippen LogP contribution in [0.4, 0.5) is 5.69 Å². The Morgan fingerprint density at radius 2 is 1.57 bits per heavy atom. The van der Waals surface area contributed by atoms with Crippen LogP contribution < -0.4 is 5.43 Å². The van der Waals surface area contributed by atoms with Crippen molar-refractivity contribution in [3.05, 3.63) is 82.7 Å². The molecule has 3 N–H and O–H groups in total. The van der Waals surface area contributed by atoms with E-state index in [4.69, 9.17) is 0 Å². The van der Waals surface area contributed by atoms with Crippen molar-refractivity contribution < 1.29 is 19.8 Å². The summed E-state index contributed by atoms with van der Waals surface area (Å²) in [5.41, 5.74) is 6.59. The molecule has 2 aromatic carbocycles. The van der Waals surface area contributed by atoms with E-state index < -0.39 is 11.9 Å². The zero-order chi connectivity index (χ0) is 20.3. The average Bonchev–Trinajstić information content (AvgIpc) is 2.95. The molecule has 0 radical (unpaired) electrons. The Hall–Kier alpha value is -3.87. The molecular formula is C21H19N3O4. The molecule has 1 heterocycles. The van der Waals surface area contributed by atoms with Crippen molar-refractivity contribution in [3.8, 4) is 5.69 Å². The predicted octanol–water partition coefficient (Wildman–Crippen LogP) is 3.94. The monoisotopic (exact) mass is 377 g/mol. The first-order chi connectivity index (χ1) is 13.4. The molecule has 3 aromatic rings. The van der Waals surface area contributed by atoms with E-state index in [1.54, 1.807) is 6.21 Å². The summed E-state index contributed by atoms with van der Waals surface area (Å²) >= 11 is 0. The number of hydrogen-bond donors (Lipinski definition) is 3. The molecule has 0 aliphatic heterocycles. The molecule has 0 atom stereocenters. The van der Waals surface area contributed by atoms with Gasteiger partial charge in [-0.3, -0.25) is 5.43 Å². The molecule has 0 bridgehead atoms. The summed E-state index contributed by atoms with van der Waals surface area (Å²) in [5.74, 6) is -2.36. The Labute approximate surface area is 161 Å². The number of carbonyl (C=O) groups is 2. The van der Waals surface area contributed by atoms with E-state index in [1.807, 2.05) is 54.8 Å². The summed E-state index contributed by atoms with van der Waals surface area (Å²) in [5, 5.41) is 22.8. The second-order valence-corrected chi connectivity index (χ2v) is 6.28. The average molecular weight is 377 g/mol. The molecule has 0 aliphatic carbocycles.